The summed E-state index contributed by atoms with van der Waals surface area (Å²) in [7, 11) is 0. The number of aliphatic hydroxyl groups is 3. The van der Waals surface area contributed by atoms with Crippen LogP contribution >= 0.6 is 11.3 Å². The first-order chi connectivity index (χ1) is 15.6. The lowest BCUT2D eigenvalue weighted by Gasteiger charge is -2.39. The van der Waals surface area contributed by atoms with Gasteiger partial charge in [-0.1, -0.05) is 0 Å². The average molecular weight is 485 g/mol. The first kappa shape index (κ1) is 25.4. The molecule has 0 spiro atoms. The van der Waals surface area contributed by atoms with Crippen molar-refractivity contribution < 1.29 is 39.1 Å². The topological polar surface area (TPSA) is 132 Å². The normalized spacial score (nSPS) is 25.3. The fraction of sp³-hybridized carbons (Fsp3) is 0.636. The Morgan fingerprint density at radius 1 is 1.21 bits per heavy atom. The number of thiophene rings is 1. The van der Waals surface area contributed by atoms with Gasteiger partial charge in [-0.05, 0) is 51.6 Å². The lowest BCUT2D eigenvalue weighted by Crippen LogP contribution is -2.60. The summed E-state index contributed by atoms with van der Waals surface area (Å²) in [6.07, 6.45) is -7.41. The molecule has 3 rings (SSSR count). The highest BCUT2D eigenvalue weighted by atomic mass is 32.1. The van der Waals surface area contributed by atoms with Crippen molar-refractivity contribution in [3.63, 3.8) is 0 Å². The zero-order chi connectivity index (χ0) is 24.3. The zero-order valence-corrected chi connectivity index (χ0v) is 20.2. The quantitative estimate of drug-likeness (QED) is 0.482. The third-order valence-electron chi connectivity index (χ3n) is 5.39. The Kier molecular flexibility index (Phi) is 8.35. The van der Waals surface area contributed by atoms with Gasteiger partial charge in [0.15, 0.2) is 0 Å². The second kappa shape index (κ2) is 10.8. The minimum Gasteiger partial charge on any atom is -0.443 e. The molecule has 2 aromatic heterocycles. The maximum Gasteiger partial charge on any atom is 0.508 e. The van der Waals surface area contributed by atoms with Crippen LogP contribution in [0.15, 0.2) is 11.4 Å². The second-order valence-corrected chi connectivity index (χ2v) is 9.30. The fourth-order valence-electron chi connectivity index (χ4n) is 3.66. The van der Waals surface area contributed by atoms with Gasteiger partial charge in [-0.15, -0.1) is 16.4 Å². The van der Waals surface area contributed by atoms with Gasteiger partial charge in [0, 0.05) is 28.6 Å². The molecule has 0 aliphatic carbocycles. The minimum absolute atomic E-state index is 0.0708. The smallest absolute Gasteiger partial charge is 0.443 e. The van der Waals surface area contributed by atoms with Gasteiger partial charge in [0.25, 0.3) is 0 Å². The number of hydrogen-bond donors (Lipinski definition) is 3. The monoisotopic (exact) mass is 484 g/mol. The predicted molar refractivity (Wildman–Crippen MR) is 119 cm³/mol. The summed E-state index contributed by atoms with van der Waals surface area (Å²) in [5.41, 5.74) is 2.92. The average Bonchev–Trinajstić information content (AvgIpc) is 3.31. The lowest BCUT2D eigenvalue weighted by atomic mass is 9.99. The Hall–Kier alpha value is -2.18. The maximum absolute atomic E-state index is 11.5. The highest BCUT2D eigenvalue weighted by molar-refractivity contribution is 7.10. The molecular weight excluding hydrogens is 452 g/mol. The Balaban J connectivity index is 1.82. The zero-order valence-electron chi connectivity index (χ0n) is 19.4. The van der Waals surface area contributed by atoms with Crippen molar-refractivity contribution in [3.8, 4) is 5.88 Å². The number of aromatic nitrogens is 2. The molecule has 0 radical (unpaired) electrons. The van der Waals surface area contributed by atoms with E-state index < -0.39 is 36.9 Å². The van der Waals surface area contributed by atoms with E-state index in [1.54, 1.807) is 18.3 Å². The molecule has 10 nitrogen and oxygen atoms in total. The molecule has 5 atom stereocenters. The van der Waals surface area contributed by atoms with E-state index in [0.717, 1.165) is 16.1 Å². The van der Waals surface area contributed by atoms with E-state index in [1.165, 1.54) is 5.56 Å². The third-order valence-corrected chi connectivity index (χ3v) is 6.44. The van der Waals surface area contributed by atoms with Crippen molar-refractivity contribution >= 4 is 17.5 Å². The largest absolute Gasteiger partial charge is 0.508 e. The molecule has 0 saturated carbocycles. The van der Waals surface area contributed by atoms with Crippen molar-refractivity contribution in [1.82, 2.24) is 9.78 Å². The van der Waals surface area contributed by atoms with E-state index >= 15 is 0 Å². The van der Waals surface area contributed by atoms with Gasteiger partial charge in [-0.25, -0.2) is 4.79 Å². The summed E-state index contributed by atoms with van der Waals surface area (Å²) in [6, 6.07) is 2.16. The number of ether oxygens (including phenoxy) is 4. The Labute approximate surface area is 196 Å². The molecule has 3 heterocycles. The standard InChI is InChI=1S/C22H32N2O8S/c1-6-29-22(28)30-9-16-17(25)18(26)19(27)21(31-16)32-20-15(8-14-7-12(4)10-33-14)13(5)24(23-20)11(2)3/h7,10-11,16-19,21,25-27H,6,8-9H2,1-5H3/t16-,17-,18+,19-,21+/m1/s1. The van der Waals surface area contributed by atoms with Crippen LogP contribution in [0.3, 0.4) is 0 Å². The van der Waals surface area contributed by atoms with Gasteiger partial charge in [-0.3, -0.25) is 4.68 Å². The number of carbonyl (C=O) groups is 1. The molecule has 0 bridgehead atoms. The van der Waals surface area contributed by atoms with E-state index in [4.69, 9.17) is 18.9 Å². The van der Waals surface area contributed by atoms with Crippen LogP contribution in [0.1, 0.15) is 48.5 Å². The lowest BCUT2D eigenvalue weighted by molar-refractivity contribution is -0.278. The van der Waals surface area contributed by atoms with Crippen molar-refractivity contribution in [2.75, 3.05) is 13.2 Å². The third kappa shape index (κ3) is 5.85. The molecule has 11 heteroatoms. The molecular formula is C22H32N2O8S. The van der Waals surface area contributed by atoms with Crippen molar-refractivity contribution in [3.05, 3.63) is 33.1 Å². The fourth-order valence-corrected chi connectivity index (χ4v) is 4.54. The van der Waals surface area contributed by atoms with Gasteiger partial charge in [0.2, 0.25) is 12.2 Å². The molecule has 1 saturated heterocycles. The Morgan fingerprint density at radius 3 is 2.55 bits per heavy atom. The molecule has 1 aliphatic rings. The Bertz CT molecular complexity index is 943. The first-order valence-corrected chi connectivity index (χ1v) is 11.8. The summed E-state index contributed by atoms with van der Waals surface area (Å²) in [5, 5.41) is 37.7. The first-order valence-electron chi connectivity index (χ1n) is 10.9. The number of aryl methyl sites for hydroxylation is 1. The van der Waals surface area contributed by atoms with Gasteiger partial charge < -0.3 is 34.3 Å². The molecule has 0 amide bonds. The highest BCUT2D eigenvalue weighted by Gasteiger charge is 2.46. The van der Waals surface area contributed by atoms with Crippen LogP contribution < -0.4 is 4.74 Å². The predicted octanol–water partition coefficient (Wildman–Crippen LogP) is 2.09. The SMILES string of the molecule is CCOC(=O)OC[C@H]1O[C@@H](Oc2nn(C(C)C)c(C)c2Cc2cc(C)cs2)[C@H](O)[C@@H](O)[C@@H]1O. The van der Waals surface area contributed by atoms with Gasteiger partial charge in [-0.2, -0.15) is 0 Å². The molecule has 33 heavy (non-hydrogen) atoms. The summed E-state index contributed by atoms with van der Waals surface area (Å²) < 4.78 is 23.1. The number of hydrogen-bond acceptors (Lipinski definition) is 10. The number of nitrogens with zero attached hydrogens (tertiary/aromatic N) is 2. The van der Waals surface area contributed by atoms with Gasteiger partial charge in [0.05, 0.1) is 6.61 Å². The van der Waals surface area contributed by atoms with E-state index in [-0.39, 0.29) is 25.1 Å². The minimum atomic E-state index is -1.57. The van der Waals surface area contributed by atoms with Crippen LogP contribution in [0, 0.1) is 13.8 Å². The number of rotatable bonds is 8. The number of aliphatic hydroxyl groups excluding tert-OH is 3. The van der Waals surface area contributed by atoms with E-state index in [0.29, 0.717) is 6.42 Å². The molecule has 184 valence electrons. The summed E-state index contributed by atoms with van der Waals surface area (Å²) in [4.78, 5) is 12.6. The van der Waals surface area contributed by atoms with Crippen LogP contribution in [0.2, 0.25) is 0 Å². The van der Waals surface area contributed by atoms with Crippen LogP contribution in [0.4, 0.5) is 4.79 Å². The Morgan fingerprint density at radius 2 is 1.94 bits per heavy atom. The van der Waals surface area contributed by atoms with E-state index in [2.05, 4.69) is 16.5 Å². The van der Waals surface area contributed by atoms with Crippen molar-refractivity contribution in [2.45, 2.75) is 77.8 Å². The van der Waals surface area contributed by atoms with Crippen LogP contribution in [0.5, 0.6) is 5.88 Å². The molecule has 3 N–H and O–H groups in total. The van der Waals surface area contributed by atoms with Crippen LogP contribution in [-0.4, -0.2) is 75.2 Å². The van der Waals surface area contributed by atoms with Crippen molar-refractivity contribution in [2.24, 2.45) is 0 Å². The van der Waals surface area contributed by atoms with E-state index in [9.17, 15) is 20.1 Å². The summed E-state index contributed by atoms with van der Waals surface area (Å²) in [6.45, 7) is 9.34. The summed E-state index contributed by atoms with van der Waals surface area (Å²) >= 11 is 1.63. The van der Waals surface area contributed by atoms with E-state index in [1.807, 2.05) is 32.4 Å². The molecule has 0 unspecified atom stereocenters. The van der Waals surface area contributed by atoms with Gasteiger partial charge >= 0.3 is 6.16 Å². The molecule has 2 aromatic rings. The van der Waals surface area contributed by atoms with Gasteiger partial charge in [0.1, 0.15) is 31.0 Å². The second-order valence-electron chi connectivity index (χ2n) is 8.30. The molecule has 0 aromatic carbocycles. The van der Waals surface area contributed by atoms with Crippen molar-refractivity contribution in [1.29, 1.82) is 0 Å². The molecule has 1 fully saturated rings. The highest BCUT2D eigenvalue weighted by Crippen LogP contribution is 2.31. The summed E-state index contributed by atoms with van der Waals surface area (Å²) in [5.74, 6) is 0.268. The van der Waals surface area contributed by atoms with Crippen LogP contribution in [-0.2, 0) is 20.6 Å². The molecule has 1 aliphatic heterocycles. The maximum atomic E-state index is 11.5. The number of carbonyl (C=O) groups excluding carboxylic acids is 1. The van der Waals surface area contributed by atoms with Crippen LogP contribution in [0.25, 0.3) is 0 Å².